The fourth-order valence-electron chi connectivity index (χ4n) is 2.23. The Morgan fingerprint density at radius 1 is 1.12 bits per heavy atom. The van der Waals surface area contributed by atoms with Gasteiger partial charge < -0.3 is 15.0 Å². The second-order valence-electron chi connectivity index (χ2n) is 6.54. The van der Waals surface area contributed by atoms with Gasteiger partial charge in [0, 0.05) is 29.7 Å². The number of nitrogens with zero attached hydrogens (tertiary/aromatic N) is 1. The number of hydrogen-bond donors (Lipinski definition) is 1. The van der Waals surface area contributed by atoms with Crippen molar-refractivity contribution in [1.29, 1.82) is 0 Å². The van der Waals surface area contributed by atoms with E-state index in [4.69, 9.17) is 4.74 Å². The highest BCUT2D eigenvalue weighted by atomic mass is 32.2. The number of thioether (sulfide) groups is 1. The zero-order valence-electron chi connectivity index (χ0n) is 15.8. The molecule has 26 heavy (non-hydrogen) atoms. The molecule has 0 aliphatic carbocycles. The fraction of sp³-hybridized carbons (Fsp3) is 0.381. The molecule has 0 aromatic heterocycles. The first-order chi connectivity index (χ1) is 12.5. The minimum atomic E-state index is -0.0335. The summed E-state index contributed by atoms with van der Waals surface area (Å²) in [7, 11) is 4.04. The summed E-state index contributed by atoms with van der Waals surface area (Å²) in [5, 5.41) is 3.01. The Morgan fingerprint density at radius 2 is 1.81 bits per heavy atom. The zero-order valence-corrected chi connectivity index (χ0v) is 16.6. The summed E-state index contributed by atoms with van der Waals surface area (Å²) in [6.07, 6.45) is 0. The number of nitrogens with one attached hydrogen (secondary N) is 1. The Bertz CT molecular complexity index is 659. The molecule has 2 aromatic rings. The second kappa shape index (κ2) is 10.9. The number of likely N-dealkylation sites (N-methyl/N-ethyl adjacent to an activating group) is 1. The lowest BCUT2D eigenvalue weighted by molar-refractivity contribution is -0.124. The van der Waals surface area contributed by atoms with Crippen molar-refractivity contribution in [3.63, 3.8) is 0 Å². The van der Waals surface area contributed by atoms with Gasteiger partial charge in [0.25, 0.3) is 0 Å². The third kappa shape index (κ3) is 7.50. The normalized spacial score (nSPS) is 12.0. The summed E-state index contributed by atoms with van der Waals surface area (Å²) in [5.41, 5.74) is 1.07. The van der Waals surface area contributed by atoms with E-state index < -0.39 is 0 Å². The van der Waals surface area contributed by atoms with Crippen molar-refractivity contribution in [3.05, 3.63) is 60.2 Å². The highest BCUT2D eigenvalue weighted by molar-refractivity contribution is 7.99. The van der Waals surface area contributed by atoms with Gasteiger partial charge in [-0.05, 0) is 43.9 Å². The Labute approximate surface area is 160 Å². The van der Waals surface area contributed by atoms with Gasteiger partial charge in [0.2, 0.25) is 5.91 Å². The smallest absolute Gasteiger partial charge is 0.223 e. The average molecular weight is 373 g/mol. The van der Waals surface area contributed by atoms with Crippen LogP contribution in [0, 0.1) is 5.92 Å². The van der Waals surface area contributed by atoms with E-state index in [1.807, 2.05) is 63.5 Å². The molecule has 0 unspecified atom stereocenters. The molecule has 140 valence electrons. The summed E-state index contributed by atoms with van der Waals surface area (Å²) in [6.45, 7) is 4.06. The Hall–Kier alpha value is -1.98. The van der Waals surface area contributed by atoms with Gasteiger partial charge in [-0.2, -0.15) is 0 Å². The first-order valence-electron chi connectivity index (χ1n) is 8.86. The summed E-state index contributed by atoms with van der Waals surface area (Å²) in [6, 6.07) is 18.1. The fourth-order valence-corrected chi connectivity index (χ4v) is 3.17. The Kier molecular flexibility index (Phi) is 8.51. The van der Waals surface area contributed by atoms with Crippen molar-refractivity contribution < 1.29 is 9.53 Å². The second-order valence-corrected chi connectivity index (χ2v) is 7.63. The van der Waals surface area contributed by atoms with Crippen LogP contribution in [0.3, 0.4) is 0 Å². The average Bonchev–Trinajstić information content (AvgIpc) is 2.65. The van der Waals surface area contributed by atoms with Crippen LogP contribution < -0.4 is 10.1 Å². The maximum absolute atomic E-state index is 12.3. The number of rotatable bonds is 10. The van der Waals surface area contributed by atoms with E-state index >= 15 is 0 Å². The zero-order chi connectivity index (χ0) is 18.8. The van der Waals surface area contributed by atoms with Crippen molar-refractivity contribution in [2.24, 2.45) is 5.92 Å². The van der Waals surface area contributed by atoms with Gasteiger partial charge in [0.05, 0.1) is 0 Å². The monoisotopic (exact) mass is 372 g/mol. The molecule has 5 heteroatoms. The van der Waals surface area contributed by atoms with Crippen molar-refractivity contribution in [1.82, 2.24) is 10.2 Å². The van der Waals surface area contributed by atoms with Crippen LogP contribution in [0.1, 0.15) is 12.5 Å². The predicted molar refractivity (Wildman–Crippen MR) is 109 cm³/mol. The summed E-state index contributed by atoms with van der Waals surface area (Å²) in [4.78, 5) is 15.5. The number of carbonyl (C=O) groups is 1. The largest absolute Gasteiger partial charge is 0.492 e. The number of ether oxygens (including phenoxy) is 1. The van der Waals surface area contributed by atoms with Crippen molar-refractivity contribution in [3.8, 4) is 5.75 Å². The van der Waals surface area contributed by atoms with E-state index in [1.54, 1.807) is 11.8 Å². The molecule has 4 nitrogen and oxygen atoms in total. The quantitative estimate of drug-likeness (QED) is 0.646. The third-order valence-electron chi connectivity index (χ3n) is 3.89. The molecule has 2 aromatic carbocycles. The molecule has 0 saturated heterocycles. The van der Waals surface area contributed by atoms with Crippen LogP contribution in [0.15, 0.2) is 59.5 Å². The molecular formula is C21H28N2O2S. The van der Waals surface area contributed by atoms with E-state index in [0.29, 0.717) is 13.2 Å². The van der Waals surface area contributed by atoms with Gasteiger partial charge in [-0.25, -0.2) is 0 Å². The van der Waals surface area contributed by atoms with Gasteiger partial charge >= 0.3 is 0 Å². The molecule has 1 N–H and O–H groups in total. The minimum absolute atomic E-state index is 0.0335. The van der Waals surface area contributed by atoms with E-state index in [1.165, 1.54) is 4.90 Å². The molecular weight excluding hydrogens is 344 g/mol. The molecule has 0 aliphatic rings. The number of hydrogen-bond acceptors (Lipinski definition) is 4. The highest BCUT2D eigenvalue weighted by Gasteiger charge is 2.12. The van der Waals surface area contributed by atoms with Gasteiger partial charge in [0.1, 0.15) is 12.4 Å². The first-order valence-corrected chi connectivity index (χ1v) is 9.85. The number of amides is 1. The van der Waals surface area contributed by atoms with Crippen molar-refractivity contribution in [2.75, 3.05) is 33.0 Å². The molecule has 0 fully saturated rings. The number of benzene rings is 2. The van der Waals surface area contributed by atoms with Gasteiger partial charge in [0.15, 0.2) is 0 Å². The Morgan fingerprint density at radius 3 is 2.46 bits per heavy atom. The molecule has 0 heterocycles. The minimum Gasteiger partial charge on any atom is -0.492 e. The standard InChI is InChI=1S/C21H28N2O2S/c1-17(16-26-20-7-5-4-6-8-20)21(24)22-15-18-9-11-19(12-10-18)25-14-13-23(2)3/h4-12,17H,13-16H2,1-3H3,(H,22,24)/t17-/m1/s1. The Balaban J connectivity index is 1.70. The molecule has 2 rings (SSSR count). The van der Waals surface area contributed by atoms with Gasteiger partial charge in [-0.15, -0.1) is 11.8 Å². The van der Waals surface area contributed by atoms with Crippen LogP contribution in [0.4, 0.5) is 0 Å². The summed E-state index contributed by atoms with van der Waals surface area (Å²) >= 11 is 1.71. The lowest BCUT2D eigenvalue weighted by atomic mass is 10.2. The molecule has 0 saturated carbocycles. The number of carbonyl (C=O) groups excluding carboxylic acids is 1. The maximum Gasteiger partial charge on any atom is 0.223 e. The molecule has 0 bridgehead atoms. The summed E-state index contributed by atoms with van der Waals surface area (Å²) < 4.78 is 5.68. The highest BCUT2D eigenvalue weighted by Crippen LogP contribution is 2.20. The van der Waals surface area contributed by atoms with E-state index in [-0.39, 0.29) is 11.8 Å². The predicted octanol–water partition coefficient (Wildman–Crippen LogP) is 3.67. The van der Waals surface area contributed by atoms with Crippen LogP contribution >= 0.6 is 11.8 Å². The van der Waals surface area contributed by atoms with Crippen LogP contribution in [-0.4, -0.2) is 43.8 Å². The van der Waals surface area contributed by atoms with E-state index in [0.717, 1.165) is 23.6 Å². The van der Waals surface area contributed by atoms with Gasteiger partial charge in [-0.1, -0.05) is 37.3 Å². The topological polar surface area (TPSA) is 41.6 Å². The van der Waals surface area contributed by atoms with Crippen LogP contribution in [-0.2, 0) is 11.3 Å². The van der Waals surface area contributed by atoms with Crippen LogP contribution in [0.5, 0.6) is 5.75 Å². The van der Waals surface area contributed by atoms with Crippen LogP contribution in [0.25, 0.3) is 0 Å². The van der Waals surface area contributed by atoms with Crippen molar-refractivity contribution >= 4 is 17.7 Å². The molecule has 0 spiro atoms. The van der Waals surface area contributed by atoms with Crippen LogP contribution in [0.2, 0.25) is 0 Å². The lowest BCUT2D eigenvalue weighted by Gasteiger charge is -2.13. The molecule has 0 aliphatic heterocycles. The SMILES string of the molecule is C[C@H](CSc1ccccc1)C(=O)NCc1ccc(OCCN(C)C)cc1. The van der Waals surface area contributed by atoms with Crippen molar-refractivity contribution in [2.45, 2.75) is 18.4 Å². The molecule has 1 atom stereocenters. The first kappa shape index (κ1) is 20.3. The van der Waals surface area contributed by atoms with E-state index in [9.17, 15) is 4.79 Å². The summed E-state index contributed by atoms with van der Waals surface area (Å²) in [5.74, 6) is 1.68. The van der Waals surface area contributed by atoms with Gasteiger partial charge in [-0.3, -0.25) is 4.79 Å². The van der Waals surface area contributed by atoms with E-state index in [2.05, 4.69) is 22.3 Å². The molecule has 0 radical (unpaired) electrons. The maximum atomic E-state index is 12.3. The third-order valence-corrected chi connectivity index (χ3v) is 5.16. The molecule has 1 amide bonds. The lowest BCUT2D eigenvalue weighted by Crippen LogP contribution is -2.29.